The average Bonchev–Trinajstić information content (AvgIpc) is 2.97. The SMILES string of the molecule is CCC(NC(=O)CC1CCNC1)c1cccs1.Cl. The Kier molecular flexibility index (Phi) is 6.68. The second-order valence-corrected chi connectivity index (χ2v) is 5.59. The van der Waals surface area contributed by atoms with Crippen molar-refractivity contribution in [1.82, 2.24) is 10.6 Å². The van der Waals surface area contributed by atoms with Crippen molar-refractivity contribution < 1.29 is 4.79 Å². The Morgan fingerprint density at radius 1 is 1.67 bits per heavy atom. The van der Waals surface area contributed by atoms with Crippen LogP contribution in [0.1, 0.15) is 37.1 Å². The number of carbonyl (C=O) groups excluding carboxylic acids is 1. The van der Waals surface area contributed by atoms with Gasteiger partial charge < -0.3 is 10.6 Å². The minimum Gasteiger partial charge on any atom is -0.348 e. The molecule has 0 aromatic carbocycles. The van der Waals surface area contributed by atoms with Crippen LogP contribution in [0.5, 0.6) is 0 Å². The minimum absolute atomic E-state index is 0. The number of amides is 1. The van der Waals surface area contributed by atoms with Gasteiger partial charge in [-0.05, 0) is 43.3 Å². The molecule has 2 heterocycles. The molecule has 1 amide bonds. The molecule has 1 fully saturated rings. The van der Waals surface area contributed by atoms with E-state index in [0.717, 1.165) is 25.9 Å². The van der Waals surface area contributed by atoms with Gasteiger partial charge in [0.2, 0.25) is 5.91 Å². The van der Waals surface area contributed by atoms with E-state index in [0.29, 0.717) is 12.3 Å². The van der Waals surface area contributed by atoms with E-state index >= 15 is 0 Å². The Balaban J connectivity index is 0.00000162. The van der Waals surface area contributed by atoms with Gasteiger partial charge in [-0.15, -0.1) is 23.7 Å². The van der Waals surface area contributed by atoms with Crippen LogP contribution in [0.4, 0.5) is 0 Å². The van der Waals surface area contributed by atoms with Crippen molar-refractivity contribution in [2.75, 3.05) is 13.1 Å². The quantitative estimate of drug-likeness (QED) is 0.875. The van der Waals surface area contributed by atoms with E-state index < -0.39 is 0 Å². The van der Waals surface area contributed by atoms with Crippen LogP contribution >= 0.6 is 23.7 Å². The van der Waals surface area contributed by atoms with Crippen LogP contribution in [0, 0.1) is 5.92 Å². The highest BCUT2D eigenvalue weighted by Gasteiger charge is 2.20. The third-order valence-electron chi connectivity index (χ3n) is 3.27. The first kappa shape index (κ1) is 15.5. The second-order valence-electron chi connectivity index (χ2n) is 4.61. The van der Waals surface area contributed by atoms with E-state index in [1.165, 1.54) is 4.88 Å². The third kappa shape index (κ3) is 4.26. The number of rotatable bonds is 5. The average molecular weight is 289 g/mol. The molecule has 102 valence electrons. The molecule has 0 bridgehead atoms. The molecule has 0 aliphatic carbocycles. The van der Waals surface area contributed by atoms with Gasteiger partial charge in [0, 0.05) is 11.3 Å². The largest absolute Gasteiger partial charge is 0.348 e. The molecule has 0 radical (unpaired) electrons. The third-order valence-corrected chi connectivity index (χ3v) is 4.25. The predicted octanol–water partition coefficient (Wildman–Crippen LogP) is 2.74. The Labute approximate surface area is 119 Å². The van der Waals surface area contributed by atoms with Crippen molar-refractivity contribution in [1.29, 1.82) is 0 Å². The molecule has 2 N–H and O–H groups in total. The molecule has 1 saturated heterocycles. The topological polar surface area (TPSA) is 41.1 Å². The van der Waals surface area contributed by atoms with Gasteiger partial charge in [0.15, 0.2) is 0 Å². The van der Waals surface area contributed by atoms with E-state index in [1.54, 1.807) is 11.3 Å². The molecule has 2 atom stereocenters. The summed E-state index contributed by atoms with van der Waals surface area (Å²) in [6.45, 7) is 4.16. The van der Waals surface area contributed by atoms with Crippen LogP contribution in [0.15, 0.2) is 17.5 Å². The van der Waals surface area contributed by atoms with Crippen molar-refractivity contribution in [3.05, 3.63) is 22.4 Å². The maximum Gasteiger partial charge on any atom is 0.220 e. The molecule has 2 unspecified atom stereocenters. The van der Waals surface area contributed by atoms with E-state index in [9.17, 15) is 4.79 Å². The van der Waals surface area contributed by atoms with Crippen LogP contribution in [-0.2, 0) is 4.79 Å². The lowest BCUT2D eigenvalue weighted by Crippen LogP contribution is -2.29. The Hall–Kier alpha value is -0.580. The Morgan fingerprint density at radius 2 is 2.50 bits per heavy atom. The molecule has 1 aromatic heterocycles. The molecular formula is C13H21ClN2OS. The van der Waals surface area contributed by atoms with E-state index in [-0.39, 0.29) is 24.4 Å². The zero-order valence-corrected chi connectivity index (χ0v) is 12.3. The highest BCUT2D eigenvalue weighted by Crippen LogP contribution is 2.22. The number of halogens is 1. The first-order valence-corrected chi connectivity index (χ1v) is 7.21. The maximum atomic E-state index is 11.9. The van der Waals surface area contributed by atoms with Crippen LogP contribution in [-0.4, -0.2) is 19.0 Å². The number of hydrogen-bond donors (Lipinski definition) is 2. The Bertz CT molecular complexity index is 350. The number of hydrogen-bond acceptors (Lipinski definition) is 3. The zero-order valence-electron chi connectivity index (χ0n) is 10.6. The molecule has 18 heavy (non-hydrogen) atoms. The molecule has 1 aliphatic heterocycles. The predicted molar refractivity (Wildman–Crippen MR) is 78.3 cm³/mol. The summed E-state index contributed by atoms with van der Waals surface area (Å²) in [7, 11) is 0. The lowest BCUT2D eigenvalue weighted by molar-refractivity contribution is -0.122. The van der Waals surface area contributed by atoms with Crippen molar-refractivity contribution >= 4 is 29.7 Å². The molecule has 0 spiro atoms. The van der Waals surface area contributed by atoms with Gasteiger partial charge >= 0.3 is 0 Å². The highest BCUT2D eigenvalue weighted by atomic mass is 35.5. The minimum atomic E-state index is 0. The number of nitrogens with one attached hydrogen (secondary N) is 2. The summed E-state index contributed by atoms with van der Waals surface area (Å²) in [5.74, 6) is 0.717. The highest BCUT2D eigenvalue weighted by molar-refractivity contribution is 7.10. The molecule has 0 saturated carbocycles. The summed E-state index contributed by atoms with van der Waals surface area (Å²) in [5, 5.41) is 8.49. The standard InChI is InChI=1S/C13H20N2OS.ClH/c1-2-11(12-4-3-7-17-12)15-13(16)8-10-5-6-14-9-10;/h3-4,7,10-11,14H,2,5-6,8-9H2,1H3,(H,15,16);1H. The van der Waals surface area contributed by atoms with Gasteiger partial charge in [-0.25, -0.2) is 0 Å². The molecule has 5 heteroatoms. The molecule has 2 rings (SSSR count). The van der Waals surface area contributed by atoms with Crippen LogP contribution in [0.25, 0.3) is 0 Å². The normalized spacial score (nSPS) is 20.2. The van der Waals surface area contributed by atoms with Gasteiger partial charge in [0.1, 0.15) is 0 Å². The van der Waals surface area contributed by atoms with Crippen LogP contribution in [0.2, 0.25) is 0 Å². The summed E-state index contributed by atoms with van der Waals surface area (Å²) >= 11 is 1.71. The summed E-state index contributed by atoms with van der Waals surface area (Å²) in [5.41, 5.74) is 0. The molecule has 1 aliphatic rings. The van der Waals surface area contributed by atoms with Crippen molar-refractivity contribution in [2.45, 2.75) is 32.2 Å². The van der Waals surface area contributed by atoms with Crippen molar-refractivity contribution in [3.8, 4) is 0 Å². The summed E-state index contributed by atoms with van der Waals surface area (Å²) < 4.78 is 0. The molecule has 3 nitrogen and oxygen atoms in total. The zero-order chi connectivity index (χ0) is 12.1. The monoisotopic (exact) mass is 288 g/mol. The Morgan fingerprint density at radius 3 is 3.06 bits per heavy atom. The van der Waals surface area contributed by atoms with Gasteiger partial charge in [-0.2, -0.15) is 0 Å². The van der Waals surface area contributed by atoms with E-state index in [2.05, 4.69) is 29.0 Å². The van der Waals surface area contributed by atoms with Crippen molar-refractivity contribution in [3.63, 3.8) is 0 Å². The van der Waals surface area contributed by atoms with Gasteiger partial charge in [0.25, 0.3) is 0 Å². The summed E-state index contributed by atoms with van der Waals surface area (Å²) in [6.07, 6.45) is 2.74. The summed E-state index contributed by atoms with van der Waals surface area (Å²) in [6, 6.07) is 4.32. The number of carbonyl (C=O) groups is 1. The fourth-order valence-electron chi connectivity index (χ4n) is 2.27. The smallest absolute Gasteiger partial charge is 0.220 e. The fraction of sp³-hybridized carbons (Fsp3) is 0.615. The van der Waals surface area contributed by atoms with E-state index in [1.807, 2.05) is 6.07 Å². The van der Waals surface area contributed by atoms with Gasteiger partial charge in [-0.3, -0.25) is 4.79 Å². The fourth-order valence-corrected chi connectivity index (χ4v) is 3.13. The van der Waals surface area contributed by atoms with Crippen LogP contribution < -0.4 is 10.6 Å². The lowest BCUT2D eigenvalue weighted by Gasteiger charge is -2.16. The first-order chi connectivity index (χ1) is 8.29. The molecule has 1 aromatic rings. The van der Waals surface area contributed by atoms with Gasteiger partial charge in [0.05, 0.1) is 6.04 Å². The number of thiophene rings is 1. The summed E-state index contributed by atoms with van der Waals surface area (Å²) in [4.78, 5) is 13.2. The van der Waals surface area contributed by atoms with Gasteiger partial charge in [-0.1, -0.05) is 13.0 Å². The van der Waals surface area contributed by atoms with E-state index in [4.69, 9.17) is 0 Å². The van der Waals surface area contributed by atoms with Crippen LogP contribution in [0.3, 0.4) is 0 Å². The van der Waals surface area contributed by atoms with Crippen molar-refractivity contribution in [2.24, 2.45) is 5.92 Å². The first-order valence-electron chi connectivity index (χ1n) is 6.33. The maximum absolute atomic E-state index is 11.9. The lowest BCUT2D eigenvalue weighted by atomic mass is 10.0. The molecular weight excluding hydrogens is 268 g/mol. The second kappa shape index (κ2) is 7.77.